The van der Waals surface area contributed by atoms with Crippen LogP contribution in [0.15, 0.2) is 48.5 Å². The summed E-state index contributed by atoms with van der Waals surface area (Å²) < 4.78 is 47.1. The number of hydrogen-bond donors (Lipinski definition) is 1. The summed E-state index contributed by atoms with van der Waals surface area (Å²) in [6.45, 7) is 0.656. The highest BCUT2D eigenvalue weighted by molar-refractivity contribution is 5.76. The number of fused-ring (bicyclic) bond motifs is 1. The summed E-state index contributed by atoms with van der Waals surface area (Å²) >= 11 is 0. The molecular formula is C19H16F3N3O. The van der Waals surface area contributed by atoms with E-state index < -0.39 is 11.7 Å². The maximum Gasteiger partial charge on any atom is 0.418 e. The minimum atomic E-state index is -4.46. The Morgan fingerprint density at radius 1 is 1.08 bits per heavy atom. The number of nitrogens with one attached hydrogen (secondary N) is 1. The lowest BCUT2D eigenvalue weighted by atomic mass is 10.1. The fraction of sp³-hybridized carbons (Fsp3) is 0.211. The molecular weight excluding hydrogens is 343 g/mol. The monoisotopic (exact) mass is 359 g/mol. The van der Waals surface area contributed by atoms with E-state index in [0.717, 1.165) is 17.2 Å². The average Bonchev–Trinajstić information content (AvgIpc) is 3.23. The van der Waals surface area contributed by atoms with Crippen molar-refractivity contribution < 1.29 is 17.9 Å². The minimum Gasteiger partial charge on any atom is -0.496 e. The van der Waals surface area contributed by atoms with E-state index in [2.05, 4.69) is 10.4 Å². The molecule has 7 heteroatoms. The molecule has 0 fully saturated rings. The molecule has 0 amide bonds. The number of rotatable bonds is 3. The van der Waals surface area contributed by atoms with Crippen LogP contribution < -0.4 is 10.1 Å². The number of methoxy groups -OCH3 is 1. The molecule has 3 aromatic rings. The number of benzene rings is 2. The van der Waals surface area contributed by atoms with E-state index >= 15 is 0 Å². The lowest BCUT2D eigenvalue weighted by molar-refractivity contribution is -0.137. The predicted molar refractivity (Wildman–Crippen MR) is 92.7 cm³/mol. The van der Waals surface area contributed by atoms with E-state index in [-0.39, 0.29) is 5.69 Å². The van der Waals surface area contributed by atoms with Gasteiger partial charge in [0.25, 0.3) is 0 Å². The summed E-state index contributed by atoms with van der Waals surface area (Å²) in [5.41, 5.74) is 1.58. The molecule has 1 aliphatic heterocycles. The van der Waals surface area contributed by atoms with Gasteiger partial charge < -0.3 is 10.1 Å². The maximum absolute atomic E-state index is 13.5. The van der Waals surface area contributed by atoms with Gasteiger partial charge in [0, 0.05) is 17.7 Å². The number of halogens is 3. The van der Waals surface area contributed by atoms with Crippen molar-refractivity contribution in [2.45, 2.75) is 12.6 Å². The van der Waals surface area contributed by atoms with Crippen LogP contribution in [-0.2, 0) is 12.6 Å². The number of hydrogen-bond acceptors (Lipinski definition) is 3. The lowest BCUT2D eigenvalue weighted by Gasteiger charge is -2.14. The van der Waals surface area contributed by atoms with E-state index in [1.54, 1.807) is 13.2 Å². The van der Waals surface area contributed by atoms with Gasteiger partial charge in [-0.15, -0.1) is 0 Å². The Balaban J connectivity index is 1.94. The Kier molecular flexibility index (Phi) is 3.86. The molecule has 26 heavy (non-hydrogen) atoms. The molecule has 1 aromatic heterocycles. The molecule has 0 aliphatic carbocycles. The summed E-state index contributed by atoms with van der Waals surface area (Å²) in [5, 5.41) is 7.70. The first-order chi connectivity index (χ1) is 12.5. The topological polar surface area (TPSA) is 39.1 Å². The van der Waals surface area contributed by atoms with Crippen molar-refractivity contribution >= 4 is 5.82 Å². The molecule has 1 N–H and O–H groups in total. The molecule has 1 aliphatic rings. The summed E-state index contributed by atoms with van der Waals surface area (Å²) in [7, 11) is 1.56. The predicted octanol–water partition coefficient (Wildman–Crippen LogP) is 4.53. The van der Waals surface area contributed by atoms with Gasteiger partial charge in [0.15, 0.2) is 0 Å². The standard InChI is InChI=1S/C19H16F3N3O/c1-26-16-9-5-2-6-12(16)17-13-10-11-23-18(13)25(24-17)15-8-4-3-7-14(15)19(20,21)22/h2-9,23H,10-11H2,1H3. The second kappa shape index (κ2) is 6.09. The fourth-order valence-electron chi connectivity index (χ4n) is 3.30. The lowest BCUT2D eigenvalue weighted by Crippen LogP contribution is -2.13. The maximum atomic E-state index is 13.5. The Morgan fingerprint density at radius 3 is 2.58 bits per heavy atom. The van der Waals surface area contributed by atoms with Crippen LogP contribution in [0.2, 0.25) is 0 Å². The van der Waals surface area contributed by atoms with Gasteiger partial charge in [-0.3, -0.25) is 0 Å². The SMILES string of the molecule is COc1ccccc1-c1nn(-c2ccccc2C(F)(F)F)c2c1CCN2. The Labute approximate surface area is 148 Å². The third kappa shape index (κ3) is 2.60. The number of nitrogens with zero attached hydrogens (tertiary/aromatic N) is 2. The fourth-order valence-corrected chi connectivity index (χ4v) is 3.30. The number of aromatic nitrogens is 2. The van der Waals surface area contributed by atoms with Crippen LogP contribution in [0.1, 0.15) is 11.1 Å². The zero-order valence-corrected chi connectivity index (χ0v) is 14.0. The third-order valence-corrected chi connectivity index (χ3v) is 4.45. The highest BCUT2D eigenvalue weighted by Crippen LogP contribution is 2.40. The van der Waals surface area contributed by atoms with Gasteiger partial charge in [0.2, 0.25) is 0 Å². The molecule has 0 saturated carbocycles. The first kappa shape index (κ1) is 16.5. The van der Waals surface area contributed by atoms with Gasteiger partial charge in [0.05, 0.1) is 18.4 Å². The molecule has 0 bridgehead atoms. The normalized spacial score (nSPS) is 13.4. The van der Waals surface area contributed by atoms with Crippen molar-refractivity contribution in [1.29, 1.82) is 0 Å². The van der Waals surface area contributed by atoms with Gasteiger partial charge >= 0.3 is 6.18 Å². The van der Waals surface area contributed by atoms with Crippen molar-refractivity contribution in [1.82, 2.24) is 9.78 Å². The summed E-state index contributed by atoms with van der Waals surface area (Å²) in [6.07, 6.45) is -3.77. The number of alkyl halides is 3. The second-order valence-corrected chi connectivity index (χ2v) is 5.98. The van der Waals surface area contributed by atoms with Crippen molar-refractivity contribution in [2.75, 3.05) is 19.0 Å². The molecule has 4 rings (SSSR count). The van der Waals surface area contributed by atoms with Crippen LogP contribution in [0, 0.1) is 0 Å². The third-order valence-electron chi connectivity index (χ3n) is 4.45. The minimum absolute atomic E-state index is 0.00629. The second-order valence-electron chi connectivity index (χ2n) is 5.98. The Bertz CT molecular complexity index is 963. The molecule has 0 atom stereocenters. The highest BCUT2D eigenvalue weighted by Gasteiger charge is 2.35. The highest BCUT2D eigenvalue weighted by atomic mass is 19.4. The van der Waals surface area contributed by atoms with Gasteiger partial charge in [-0.2, -0.15) is 18.3 Å². The van der Waals surface area contributed by atoms with Crippen LogP contribution in [0.25, 0.3) is 16.9 Å². The van der Waals surface area contributed by atoms with Crippen LogP contribution in [0.5, 0.6) is 5.75 Å². The molecule has 0 saturated heterocycles. The van der Waals surface area contributed by atoms with Gasteiger partial charge in [-0.1, -0.05) is 24.3 Å². The quantitative estimate of drug-likeness (QED) is 0.747. The zero-order valence-electron chi connectivity index (χ0n) is 14.0. The average molecular weight is 359 g/mol. The first-order valence-electron chi connectivity index (χ1n) is 8.16. The molecule has 2 heterocycles. The molecule has 0 spiro atoms. The Morgan fingerprint density at radius 2 is 1.81 bits per heavy atom. The molecule has 4 nitrogen and oxygen atoms in total. The molecule has 134 valence electrons. The van der Waals surface area contributed by atoms with Crippen molar-refractivity contribution in [3.63, 3.8) is 0 Å². The van der Waals surface area contributed by atoms with E-state index in [1.165, 1.54) is 16.8 Å². The summed E-state index contributed by atoms with van der Waals surface area (Å²) in [6, 6.07) is 12.8. The van der Waals surface area contributed by atoms with E-state index in [0.29, 0.717) is 30.2 Å². The molecule has 0 radical (unpaired) electrons. The van der Waals surface area contributed by atoms with Crippen molar-refractivity contribution in [2.24, 2.45) is 0 Å². The largest absolute Gasteiger partial charge is 0.496 e. The summed E-state index contributed by atoms with van der Waals surface area (Å²) in [5.74, 6) is 1.23. The van der Waals surface area contributed by atoms with E-state index in [9.17, 15) is 13.2 Å². The van der Waals surface area contributed by atoms with Gasteiger partial charge in [0.1, 0.15) is 17.3 Å². The number of ether oxygens (including phenoxy) is 1. The number of anilines is 1. The van der Waals surface area contributed by atoms with Crippen LogP contribution >= 0.6 is 0 Å². The van der Waals surface area contributed by atoms with Gasteiger partial charge in [-0.25, -0.2) is 4.68 Å². The first-order valence-corrected chi connectivity index (χ1v) is 8.16. The van der Waals surface area contributed by atoms with E-state index in [4.69, 9.17) is 4.74 Å². The Hall–Kier alpha value is -2.96. The van der Waals surface area contributed by atoms with Crippen molar-refractivity contribution in [3.8, 4) is 22.7 Å². The molecule has 2 aromatic carbocycles. The summed E-state index contributed by atoms with van der Waals surface area (Å²) in [4.78, 5) is 0. The number of para-hydroxylation sites is 2. The van der Waals surface area contributed by atoms with Crippen molar-refractivity contribution in [3.05, 3.63) is 59.7 Å². The van der Waals surface area contributed by atoms with Crippen LogP contribution in [-0.4, -0.2) is 23.4 Å². The zero-order chi connectivity index (χ0) is 18.3. The van der Waals surface area contributed by atoms with Crippen LogP contribution in [0.4, 0.5) is 19.0 Å². The van der Waals surface area contributed by atoms with E-state index in [1.807, 2.05) is 24.3 Å². The van der Waals surface area contributed by atoms with Gasteiger partial charge in [-0.05, 0) is 30.7 Å². The smallest absolute Gasteiger partial charge is 0.418 e. The van der Waals surface area contributed by atoms with Crippen LogP contribution in [0.3, 0.4) is 0 Å². The molecule has 0 unspecified atom stereocenters.